The van der Waals surface area contributed by atoms with Gasteiger partial charge in [0.25, 0.3) is 0 Å². The Balaban J connectivity index is 1.70. The summed E-state index contributed by atoms with van der Waals surface area (Å²) < 4.78 is 0. The third kappa shape index (κ3) is 3.26. The number of nitrogens with two attached hydrogens (primary N) is 1. The highest BCUT2D eigenvalue weighted by Crippen LogP contribution is 2.23. The molecule has 0 saturated carbocycles. The molecule has 3 rings (SSSR count). The average molecular weight is 344 g/mol. The lowest BCUT2D eigenvalue weighted by molar-refractivity contribution is 0.0999. The normalized spacial score (nSPS) is 14.8. The van der Waals surface area contributed by atoms with E-state index in [-0.39, 0.29) is 12.1 Å². The predicted octanol–water partition coefficient (Wildman–Crippen LogP) is 2.38. The Morgan fingerprint density at radius 2 is 2.21 bits per heavy atom. The zero-order chi connectivity index (χ0) is 17.3. The van der Waals surface area contributed by atoms with Crippen LogP contribution in [0.1, 0.15) is 45.2 Å². The summed E-state index contributed by atoms with van der Waals surface area (Å²) in [5, 5.41) is 5.93. The first-order valence-corrected chi connectivity index (χ1v) is 8.71. The second kappa shape index (κ2) is 6.60. The molecular weight excluding hydrogens is 324 g/mol. The molecule has 24 heavy (non-hydrogen) atoms. The minimum absolute atomic E-state index is 0.122. The first-order chi connectivity index (χ1) is 11.5. The van der Waals surface area contributed by atoms with Gasteiger partial charge in [-0.1, -0.05) is 12.1 Å². The minimum atomic E-state index is -0.419. The standard InChI is InChI=1S/C17H20N4O2S/c1-10(15-9-24-11(2)20-15)19-17(23)21-7-6-13-12(8-21)4-3-5-14(13)16(18)22/h3-5,9-10H,6-8H2,1-2H3,(H2,18,22)(H,19,23). The van der Waals surface area contributed by atoms with Gasteiger partial charge < -0.3 is 16.0 Å². The summed E-state index contributed by atoms with van der Waals surface area (Å²) in [5.74, 6) is -0.419. The molecule has 6 nitrogen and oxygen atoms in total. The summed E-state index contributed by atoms with van der Waals surface area (Å²) in [6.07, 6.45) is 0.631. The van der Waals surface area contributed by atoms with Gasteiger partial charge in [0.15, 0.2) is 0 Å². The van der Waals surface area contributed by atoms with Crippen LogP contribution in [-0.4, -0.2) is 28.4 Å². The number of nitrogens with one attached hydrogen (secondary N) is 1. The first-order valence-electron chi connectivity index (χ1n) is 7.83. The lowest BCUT2D eigenvalue weighted by atomic mass is 9.94. The molecule has 3 amide bonds. The van der Waals surface area contributed by atoms with E-state index in [1.165, 1.54) is 0 Å². The number of carbonyl (C=O) groups excluding carboxylic acids is 2. The molecule has 0 fully saturated rings. The number of fused-ring (bicyclic) bond motifs is 1. The van der Waals surface area contributed by atoms with E-state index in [2.05, 4.69) is 10.3 Å². The number of aromatic nitrogens is 1. The predicted molar refractivity (Wildman–Crippen MR) is 92.9 cm³/mol. The van der Waals surface area contributed by atoms with Crippen molar-refractivity contribution in [3.05, 3.63) is 51.0 Å². The fourth-order valence-corrected chi connectivity index (χ4v) is 3.65. The maximum absolute atomic E-state index is 12.5. The van der Waals surface area contributed by atoms with Gasteiger partial charge in [-0.25, -0.2) is 9.78 Å². The molecule has 1 aromatic carbocycles. The third-order valence-corrected chi connectivity index (χ3v) is 5.03. The van der Waals surface area contributed by atoms with Gasteiger partial charge in [0.05, 0.1) is 16.7 Å². The number of carbonyl (C=O) groups is 2. The van der Waals surface area contributed by atoms with Crippen LogP contribution in [0.3, 0.4) is 0 Å². The van der Waals surface area contributed by atoms with Crippen molar-refractivity contribution in [2.75, 3.05) is 6.54 Å². The van der Waals surface area contributed by atoms with Crippen molar-refractivity contribution in [2.24, 2.45) is 5.73 Å². The van der Waals surface area contributed by atoms with E-state index in [0.717, 1.165) is 21.8 Å². The number of rotatable bonds is 3. The summed E-state index contributed by atoms with van der Waals surface area (Å²) in [5.41, 5.74) is 8.79. The molecule has 0 bridgehead atoms. The van der Waals surface area contributed by atoms with Crippen LogP contribution in [0, 0.1) is 6.92 Å². The zero-order valence-corrected chi connectivity index (χ0v) is 14.5. The SMILES string of the molecule is Cc1nc(C(C)NC(=O)N2CCc3c(cccc3C(N)=O)C2)cs1. The van der Waals surface area contributed by atoms with Crippen LogP contribution in [0.5, 0.6) is 0 Å². The van der Waals surface area contributed by atoms with Crippen molar-refractivity contribution in [3.63, 3.8) is 0 Å². The molecule has 7 heteroatoms. The van der Waals surface area contributed by atoms with Gasteiger partial charge in [-0.2, -0.15) is 0 Å². The Hall–Kier alpha value is -2.41. The summed E-state index contributed by atoms with van der Waals surface area (Å²) in [4.78, 5) is 30.2. The topological polar surface area (TPSA) is 88.3 Å². The van der Waals surface area contributed by atoms with E-state index in [1.807, 2.05) is 25.3 Å². The van der Waals surface area contributed by atoms with Gasteiger partial charge in [0.2, 0.25) is 5.91 Å². The van der Waals surface area contributed by atoms with Gasteiger partial charge in [-0.3, -0.25) is 4.79 Å². The Bertz CT molecular complexity index is 787. The van der Waals surface area contributed by atoms with Gasteiger partial charge >= 0.3 is 6.03 Å². The number of hydrogen-bond acceptors (Lipinski definition) is 4. The maximum atomic E-state index is 12.5. The number of amides is 3. The molecule has 0 radical (unpaired) electrons. The van der Waals surface area contributed by atoms with E-state index in [4.69, 9.17) is 5.73 Å². The Morgan fingerprint density at radius 1 is 1.42 bits per heavy atom. The van der Waals surface area contributed by atoms with Crippen molar-refractivity contribution >= 4 is 23.3 Å². The Morgan fingerprint density at radius 3 is 2.88 bits per heavy atom. The van der Waals surface area contributed by atoms with Crippen molar-refractivity contribution < 1.29 is 9.59 Å². The molecule has 1 aliphatic rings. The number of primary amides is 1. The fraction of sp³-hybridized carbons (Fsp3) is 0.353. The number of nitrogens with zero attached hydrogens (tertiary/aromatic N) is 2. The zero-order valence-electron chi connectivity index (χ0n) is 13.7. The van der Waals surface area contributed by atoms with Crippen molar-refractivity contribution in [2.45, 2.75) is 32.9 Å². The van der Waals surface area contributed by atoms with E-state index >= 15 is 0 Å². The van der Waals surface area contributed by atoms with Crippen LogP contribution in [0.2, 0.25) is 0 Å². The number of hydrogen-bond donors (Lipinski definition) is 2. The van der Waals surface area contributed by atoms with Crippen LogP contribution in [0.25, 0.3) is 0 Å². The second-order valence-corrected chi connectivity index (χ2v) is 7.00. The highest BCUT2D eigenvalue weighted by Gasteiger charge is 2.24. The van der Waals surface area contributed by atoms with Crippen LogP contribution < -0.4 is 11.1 Å². The van der Waals surface area contributed by atoms with Gasteiger partial charge in [0.1, 0.15) is 0 Å². The lowest BCUT2D eigenvalue weighted by Gasteiger charge is -2.30. The third-order valence-electron chi connectivity index (χ3n) is 4.24. The van der Waals surface area contributed by atoms with Crippen LogP contribution in [-0.2, 0) is 13.0 Å². The molecule has 1 aliphatic heterocycles. The average Bonchev–Trinajstić information content (AvgIpc) is 3.00. The smallest absolute Gasteiger partial charge is 0.318 e. The molecule has 126 valence electrons. The second-order valence-electron chi connectivity index (χ2n) is 5.94. The summed E-state index contributed by atoms with van der Waals surface area (Å²) in [6.45, 7) is 4.91. The molecule has 2 heterocycles. The van der Waals surface area contributed by atoms with E-state index in [9.17, 15) is 9.59 Å². The van der Waals surface area contributed by atoms with Crippen molar-refractivity contribution in [3.8, 4) is 0 Å². The monoisotopic (exact) mass is 344 g/mol. The Kier molecular flexibility index (Phi) is 4.53. The minimum Gasteiger partial charge on any atom is -0.366 e. The van der Waals surface area contributed by atoms with Crippen molar-refractivity contribution in [1.29, 1.82) is 0 Å². The molecule has 2 aromatic rings. The lowest BCUT2D eigenvalue weighted by Crippen LogP contribution is -2.44. The van der Waals surface area contributed by atoms with Gasteiger partial charge in [0, 0.05) is 24.0 Å². The number of urea groups is 1. The van der Waals surface area contributed by atoms with E-state index < -0.39 is 5.91 Å². The first kappa shape index (κ1) is 16.4. The molecule has 0 spiro atoms. The van der Waals surface area contributed by atoms with Crippen LogP contribution >= 0.6 is 11.3 Å². The quantitative estimate of drug-likeness (QED) is 0.896. The largest absolute Gasteiger partial charge is 0.366 e. The molecule has 0 saturated heterocycles. The van der Waals surface area contributed by atoms with Crippen molar-refractivity contribution in [1.82, 2.24) is 15.2 Å². The number of aryl methyl sites for hydroxylation is 1. The highest BCUT2D eigenvalue weighted by atomic mass is 32.1. The number of thiazole rings is 1. The summed E-state index contributed by atoms with van der Waals surface area (Å²) in [7, 11) is 0. The van der Waals surface area contributed by atoms with E-state index in [0.29, 0.717) is 25.1 Å². The summed E-state index contributed by atoms with van der Waals surface area (Å²) in [6, 6.07) is 5.22. The van der Waals surface area contributed by atoms with Gasteiger partial charge in [-0.15, -0.1) is 11.3 Å². The molecule has 1 unspecified atom stereocenters. The molecule has 1 atom stereocenters. The van der Waals surface area contributed by atoms with E-state index in [1.54, 1.807) is 28.4 Å². The summed E-state index contributed by atoms with van der Waals surface area (Å²) >= 11 is 1.57. The molecular formula is C17H20N4O2S. The van der Waals surface area contributed by atoms with Crippen LogP contribution in [0.4, 0.5) is 4.79 Å². The fourth-order valence-electron chi connectivity index (χ4n) is 2.94. The molecule has 1 aromatic heterocycles. The number of benzene rings is 1. The molecule has 3 N–H and O–H groups in total. The Labute approximate surface area is 144 Å². The maximum Gasteiger partial charge on any atom is 0.318 e. The highest BCUT2D eigenvalue weighted by molar-refractivity contribution is 7.09. The molecule has 0 aliphatic carbocycles. The van der Waals surface area contributed by atoms with Gasteiger partial charge in [-0.05, 0) is 37.5 Å². The van der Waals surface area contributed by atoms with Crippen LogP contribution in [0.15, 0.2) is 23.6 Å².